The molecule has 0 unspecified atom stereocenters. The van der Waals surface area contributed by atoms with Gasteiger partial charge in [0.2, 0.25) is 0 Å². The predicted octanol–water partition coefficient (Wildman–Crippen LogP) is 5.53. The van der Waals surface area contributed by atoms with Crippen LogP contribution in [0.3, 0.4) is 0 Å². The molecule has 1 fully saturated rings. The van der Waals surface area contributed by atoms with Gasteiger partial charge in [0, 0.05) is 40.4 Å². The molecule has 2 aromatic carbocycles. The van der Waals surface area contributed by atoms with Crippen LogP contribution >= 0.6 is 15.9 Å². The van der Waals surface area contributed by atoms with Crippen LogP contribution in [0, 0.1) is 0 Å². The molecular formula is C27H28BrN3O4. The quantitative estimate of drug-likeness (QED) is 0.372. The number of carbonyl (C=O) groups is 1. The predicted molar refractivity (Wildman–Crippen MR) is 141 cm³/mol. The highest BCUT2D eigenvalue weighted by molar-refractivity contribution is 9.10. The number of ether oxygens (including phenoxy) is 2. The third-order valence-corrected chi connectivity index (χ3v) is 6.53. The molecule has 0 atom stereocenters. The lowest BCUT2D eigenvalue weighted by molar-refractivity contribution is 0.0342. The molecular weight excluding hydrogens is 510 g/mol. The Labute approximate surface area is 211 Å². The maximum absolute atomic E-state index is 13.4. The van der Waals surface area contributed by atoms with Crippen molar-refractivity contribution >= 4 is 43.8 Å². The second-order valence-electron chi connectivity index (χ2n) is 9.87. The fourth-order valence-corrected chi connectivity index (χ4v) is 4.83. The Kier molecular flexibility index (Phi) is 6.29. The summed E-state index contributed by atoms with van der Waals surface area (Å²) in [6, 6.07) is 15.4. The van der Waals surface area contributed by atoms with Crippen LogP contribution in [0.25, 0.3) is 33.1 Å². The Morgan fingerprint density at radius 3 is 2.57 bits per heavy atom. The minimum Gasteiger partial charge on any atom is -0.443 e. The average Bonchev–Trinajstić information content (AvgIpc) is 3.17. The minimum absolute atomic E-state index is 0.263. The fraction of sp³-hybridized carbons (Fsp3) is 0.333. The van der Waals surface area contributed by atoms with Crippen molar-refractivity contribution in [1.82, 2.24) is 14.5 Å². The molecule has 1 aliphatic rings. The van der Waals surface area contributed by atoms with E-state index in [1.54, 1.807) is 0 Å². The number of fused-ring (bicyclic) bond motifs is 2. The Morgan fingerprint density at radius 1 is 1.06 bits per heavy atom. The smallest absolute Gasteiger partial charge is 0.419 e. The molecule has 0 radical (unpaired) electrons. The van der Waals surface area contributed by atoms with Crippen molar-refractivity contribution in [2.75, 3.05) is 26.3 Å². The van der Waals surface area contributed by atoms with Crippen LogP contribution in [0.15, 0.2) is 57.8 Å². The number of H-pyrrole nitrogens is 1. The number of hydrogen-bond donors (Lipinski definition) is 1. The van der Waals surface area contributed by atoms with Crippen LogP contribution in [-0.4, -0.2) is 52.4 Å². The number of benzene rings is 2. The molecule has 4 aromatic rings. The summed E-state index contributed by atoms with van der Waals surface area (Å²) in [6.07, 6.45) is -0.517. The van der Waals surface area contributed by atoms with Gasteiger partial charge in [-0.25, -0.2) is 9.36 Å². The van der Waals surface area contributed by atoms with Crippen molar-refractivity contribution in [3.8, 4) is 11.3 Å². The van der Waals surface area contributed by atoms with E-state index >= 15 is 0 Å². The molecule has 0 amide bonds. The molecule has 0 bridgehead atoms. The zero-order chi connectivity index (χ0) is 24.7. The van der Waals surface area contributed by atoms with E-state index in [0.717, 1.165) is 59.2 Å². The average molecular weight is 538 g/mol. The third-order valence-electron chi connectivity index (χ3n) is 6.03. The summed E-state index contributed by atoms with van der Waals surface area (Å²) >= 11 is 3.50. The molecule has 8 heteroatoms. The number of rotatable bonds is 3. The topological polar surface area (TPSA) is 76.6 Å². The molecule has 1 N–H and O–H groups in total. The Balaban J connectivity index is 1.65. The van der Waals surface area contributed by atoms with Gasteiger partial charge in [0.05, 0.1) is 30.0 Å². The molecule has 3 heterocycles. The first-order chi connectivity index (χ1) is 16.7. The molecule has 35 heavy (non-hydrogen) atoms. The highest BCUT2D eigenvalue weighted by Gasteiger charge is 2.24. The molecule has 5 rings (SSSR count). The standard InChI is InChI=1S/C27H28BrN3O4/c1-27(2,3)35-26(33)31-23-7-4-17(16-30-8-10-34-11-9-30)12-19(23)15-24(31)21-14-18-13-20(28)5-6-22(18)29-25(21)32/h4-7,12-15H,8-11,16H2,1-3H3,(H,29,32). The van der Waals surface area contributed by atoms with Crippen LogP contribution in [0.1, 0.15) is 26.3 Å². The number of morpholine rings is 1. The largest absolute Gasteiger partial charge is 0.443 e. The van der Waals surface area contributed by atoms with Gasteiger partial charge in [0.1, 0.15) is 5.60 Å². The number of aromatic amines is 1. The normalized spacial score (nSPS) is 15.1. The van der Waals surface area contributed by atoms with Crippen LogP contribution in [-0.2, 0) is 16.0 Å². The van der Waals surface area contributed by atoms with Gasteiger partial charge in [-0.1, -0.05) is 22.0 Å². The van der Waals surface area contributed by atoms with Crippen LogP contribution < -0.4 is 5.56 Å². The minimum atomic E-state index is -0.679. The first-order valence-electron chi connectivity index (χ1n) is 11.7. The van der Waals surface area contributed by atoms with E-state index in [9.17, 15) is 9.59 Å². The van der Waals surface area contributed by atoms with E-state index in [-0.39, 0.29) is 5.56 Å². The van der Waals surface area contributed by atoms with Gasteiger partial charge in [-0.2, -0.15) is 0 Å². The highest BCUT2D eigenvalue weighted by atomic mass is 79.9. The molecule has 0 aliphatic carbocycles. The van der Waals surface area contributed by atoms with E-state index < -0.39 is 11.7 Å². The number of aromatic nitrogens is 2. The second-order valence-corrected chi connectivity index (χ2v) is 10.8. The van der Waals surface area contributed by atoms with E-state index in [4.69, 9.17) is 9.47 Å². The molecule has 7 nitrogen and oxygen atoms in total. The van der Waals surface area contributed by atoms with E-state index in [0.29, 0.717) is 16.8 Å². The van der Waals surface area contributed by atoms with Gasteiger partial charge in [-0.3, -0.25) is 9.69 Å². The van der Waals surface area contributed by atoms with Gasteiger partial charge in [0.15, 0.2) is 0 Å². The Bertz CT molecular complexity index is 1480. The summed E-state index contributed by atoms with van der Waals surface area (Å²) in [5.74, 6) is 0. The zero-order valence-electron chi connectivity index (χ0n) is 20.1. The lowest BCUT2D eigenvalue weighted by atomic mass is 10.1. The number of hydrogen-bond acceptors (Lipinski definition) is 5. The Morgan fingerprint density at radius 2 is 1.83 bits per heavy atom. The first kappa shape index (κ1) is 23.8. The van der Waals surface area contributed by atoms with Crippen LogP contribution in [0.5, 0.6) is 0 Å². The van der Waals surface area contributed by atoms with Crippen molar-refractivity contribution in [2.24, 2.45) is 0 Å². The van der Waals surface area contributed by atoms with Crippen molar-refractivity contribution in [2.45, 2.75) is 32.9 Å². The van der Waals surface area contributed by atoms with Crippen molar-refractivity contribution in [1.29, 1.82) is 0 Å². The summed E-state index contributed by atoms with van der Waals surface area (Å²) in [7, 11) is 0. The van der Waals surface area contributed by atoms with Gasteiger partial charge >= 0.3 is 6.09 Å². The van der Waals surface area contributed by atoms with E-state index in [2.05, 4.69) is 31.9 Å². The van der Waals surface area contributed by atoms with Gasteiger partial charge in [-0.15, -0.1) is 0 Å². The summed E-state index contributed by atoms with van der Waals surface area (Å²) in [5.41, 5.74) is 2.54. The maximum Gasteiger partial charge on any atom is 0.419 e. The van der Waals surface area contributed by atoms with Gasteiger partial charge in [0.25, 0.3) is 5.56 Å². The van der Waals surface area contributed by atoms with Crippen LogP contribution in [0.2, 0.25) is 0 Å². The van der Waals surface area contributed by atoms with Crippen molar-refractivity contribution in [3.05, 3.63) is 68.9 Å². The summed E-state index contributed by atoms with van der Waals surface area (Å²) in [5, 5.41) is 1.74. The number of nitrogens with one attached hydrogen (secondary N) is 1. The fourth-order valence-electron chi connectivity index (χ4n) is 4.45. The monoisotopic (exact) mass is 537 g/mol. The SMILES string of the molecule is CC(C)(C)OC(=O)n1c(-c2cc3cc(Br)ccc3[nH]c2=O)cc2cc(CN3CCOCC3)ccc21. The maximum atomic E-state index is 13.4. The summed E-state index contributed by atoms with van der Waals surface area (Å²) < 4.78 is 13.6. The van der Waals surface area contributed by atoms with Gasteiger partial charge < -0.3 is 14.5 Å². The molecule has 182 valence electrons. The van der Waals surface area contributed by atoms with Crippen molar-refractivity contribution in [3.63, 3.8) is 0 Å². The lowest BCUT2D eigenvalue weighted by Crippen LogP contribution is -2.35. The number of nitrogens with zero attached hydrogens (tertiary/aromatic N) is 2. The number of carbonyl (C=O) groups excluding carboxylic acids is 1. The lowest BCUT2D eigenvalue weighted by Gasteiger charge is -2.26. The molecule has 2 aromatic heterocycles. The second kappa shape index (κ2) is 9.26. The Hall–Kier alpha value is -2.94. The number of halogens is 1. The molecule has 1 aliphatic heterocycles. The van der Waals surface area contributed by atoms with Gasteiger partial charge in [-0.05, 0) is 68.8 Å². The van der Waals surface area contributed by atoms with Crippen LogP contribution in [0.4, 0.5) is 4.79 Å². The highest BCUT2D eigenvalue weighted by Crippen LogP contribution is 2.30. The first-order valence-corrected chi connectivity index (χ1v) is 12.5. The molecule has 0 saturated carbocycles. The zero-order valence-corrected chi connectivity index (χ0v) is 21.6. The molecule has 0 spiro atoms. The number of pyridine rings is 1. The van der Waals surface area contributed by atoms with Crippen molar-refractivity contribution < 1.29 is 14.3 Å². The summed E-state index contributed by atoms with van der Waals surface area (Å²) in [6.45, 7) is 9.56. The molecule has 1 saturated heterocycles. The third kappa shape index (κ3) is 5.05. The van der Waals surface area contributed by atoms with E-state index in [1.165, 1.54) is 4.57 Å². The van der Waals surface area contributed by atoms with E-state index in [1.807, 2.05) is 63.2 Å². The summed E-state index contributed by atoms with van der Waals surface area (Å²) in [4.78, 5) is 31.8.